The smallest absolute Gasteiger partial charge is 0.316 e. The second-order valence-electron chi connectivity index (χ2n) is 7.09. The molecule has 0 unspecified atom stereocenters. The molecule has 0 saturated heterocycles. The highest BCUT2D eigenvalue weighted by Gasteiger charge is 2.16. The molecule has 162 valence electrons. The number of ether oxygens (including phenoxy) is 1. The monoisotopic (exact) mass is 431 g/mol. The first-order chi connectivity index (χ1) is 15.5. The van der Waals surface area contributed by atoms with E-state index in [4.69, 9.17) is 9.26 Å². The molecule has 1 amide bonds. The number of carbonyl (C=O) groups excluding carboxylic acids is 1. The van der Waals surface area contributed by atoms with Gasteiger partial charge in [0, 0.05) is 23.7 Å². The highest BCUT2D eigenvalue weighted by atomic mass is 16.5. The van der Waals surface area contributed by atoms with Crippen LogP contribution in [0.25, 0.3) is 11.3 Å². The molecule has 9 heteroatoms. The molecule has 4 aromatic rings. The second-order valence-corrected chi connectivity index (χ2v) is 7.09. The predicted molar refractivity (Wildman–Crippen MR) is 116 cm³/mol. The Bertz CT molecular complexity index is 1290. The highest BCUT2D eigenvalue weighted by molar-refractivity contribution is 5.89. The minimum atomic E-state index is -0.525. The van der Waals surface area contributed by atoms with Crippen molar-refractivity contribution in [3.8, 4) is 17.0 Å². The Kier molecular flexibility index (Phi) is 6.07. The van der Waals surface area contributed by atoms with Gasteiger partial charge < -0.3 is 14.6 Å². The quantitative estimate of drug-likeness (QED) is 0.479. The minimum absolute atomic E-state index is 0.0260. The number of methoxy groups -OCH3 is 1. The van der Waals surface area contributed by atoms with Gasteiger partial charge in [-0.3, -0.25) is 9.59 Å². The Morgan fingerprint density at radius 1 is 1.09 bits per heavy atom. The standard InChI is InChI=1S/C23H21N5O4/c1-15-7-9-16(10-8-15)18-11-12-21(29)28(26-18)14-20-25-23(32-27-20)22(30)24-13-17-5-3-4-6-19(17)31-2/h3-12H,13-14H2,1-2H3,(H,24,30). The van der Waals surface area contributed by atoms with Gasteiger partial charge in [0.1, 0.15) is 12.3 Å². The number of amides is 1. The van der Waals surface area contributed by atoms with E-state index in [1.165, 1.54) is 10.7 Å². The molecule has 0 radical (unpaired) electrons. The molecule has 9 nitrogen and oxygen atoms in total. The molecule has 2 aromatic carbocycles. The van der Waals surface area contributed by atoms with Crippen molar-refractivity contribution in [2.24, 2.45) is 0 Å². The zero-order valence-electron chi connectivity index (χ0n) is 17.6. The van der Waals surface area contributed by atoms with E-state index in [1.807, 2.05) is 55.5 Å². The largest absolute Gasteiger partial charge is 0.496 e. The van der Waals surface area contributed by atoms with Crippen LogP contribution in [0.15, 0.2) is 70.0 Å². The maximum absolute atomic E-state index is 12.4. The fourth-order valence-electron chi connectivity index (χ4n) is 3.08. The summed E-state index contributed by atoms with van der Waals surface area (Å²) in [4.78, 5) is 28.7. The predicted octanol–water partition coefficient (Wildman–Crippen LogP) is 2.59. The van der Waals surface area contributed by atoms with Crippen LogP contribution in [0, 0.1) is 6.92 Å². The number of benzene rings is 2. The molecule has 0 spiro atoms. The first kappa shape index (κ1) is 21.0. The van der Waals surface area contributed by atoms with Gasteiger partial charge in [-0.2, -0.15) is 10.1 Å². The van der Waals surface area contributed by atoms with Crippen LogP contribution in [0.3, 0.4) is 0 Å². The van der Waals surface area contributed by atoms with Gasteiger partial charge in [-0.1, -0.05) is 53.2 Å². The van der Waals surface area contributed by atoms with Crippen LogP contribution in [0.2, 0.25) is 0 Å². The van der Waals surface area contributed by atoms with Gasteiger partial charge in [0.15, 0.2) is 5.82 Å². The Morgan fingerprint density at radius 3 is 2.66 bits per heavy atom. The van der Waals surface area contributed by atoms with E-state index < -0.39 is 5.91 Å². The lowest BCUT2D eigenvalue weighted by molar-refractivity contribution is 0.0906. The maximum Gasteiger partial charge on any atom is 0.316 e. The van der Waals surface area contributed by atoms with E-state index >= 15 is 0 Å². The normalized spacial score (nSPS) is 10.7. The van der Waals surface area contributed by atoms with E-state index in [0.717, 1.165) is 16.7 Å². The van der Waals surface area contributed by atoms with Crippen molar-refractivity contribution in [2.45, 2.75) is 20.0 Å². The Hall–Kier alpha value is -4.27. The first-order valence-electron chi connectivity index (χ1n) is 9.91. The van der Waals surface area contributed by atoms with Gasteiger partial charge >= 0.3 is 11.8 Å². The molecule has 4 rings (SSSR count). The summed E-state index contributed by atoms with van der Waals surface area (Å²) in [6, 6.07) is 18.3. The lowest BCUT2D eigenvalue weighted by atomic mass is 10.1. The van der Waals surface area contributed by atoms with E-state index in [1.54, 1.807) is 13.2 Å². The van der Waals surface area contributed by atoms with Gasteiger partial charge in [-0.05, 0) is 19.1 Å². The lowest BCUT2D eigenvalue weighted by Crippen LogP contribution is -2.24. The third kappa shape index (κ3) is 4.72. The summed E-state index contributed by atoms with van der Waals surface area (Å²) >= 11 is 0. The van der Waals surface area contributed by atoms with Gasteiger partial charge in [-0.25, -0.2) is 4.68 Å². The molecule has 0 atom stereocenters. The molecule has 0 aliphatic carbocycles. The average molecular weight is 431 g/mol. The van der Waals surface area contributed by atoms with Crippen LogP contribution in [0.5, 0.6) is 5.75 Å². The van der Waals surface area contributed by atoms with Crippen LogP contribution in [-0.2, 0) is 13.1 Å². The number of rotatable bonds is 7. The zero-order valence-corrected chi connectivity index (χ0v) is 17.6. The number of aromatic nitrogens is 4. The number of hydrogen-bond donors (Lipinski definition) is 1. The van der Waals surface area contributed by atoms with Gasteiger partial charge in [0.25, 0.3) is 5.56 Å². The van der Waals surface area contributed by atoms with Crippen molar-refractivity contribution in [3.05, 3.63) is 93.9 Å². The van der Waals surface area contributed by atoms with Gasteiger partial charge in [0.2, 0.25) is 0 Å². The summed E-state index contributed by atoms with van der Waals surface area (Å²) in [6.07, 6.45) is 0. The van der Waals surface area contributed by atoms with Gasteiger partial charge in [-0.15, -0.1) is 0 Å². The molecule has 0 saturated carbocycles. The number of nitrogens with one attached hydrogen (secondary N) is 1. The third-order valence-corrected chi connectivity index (χ3v) is 4.80. The summed E-state index contributed by atoms with van der Waals surface area (Å²) in [5.41, 5.74) is 3.15. The van der Waals surface area contributed by atoms with Crippen LogP contribution in [0.4, 0.5) is 0 Å². The molecule has 0 aliphatic rings. The molecule has 1 N–H and O–H groups in total. The zero-order chi connectivity index (χ0) is 22.5. The van der Waals surface area contributed by atoms with Crippen molar-refractivity contribution in [2.75, 3.05) is 7.11 Å². The van der Waals surface area contributed by atoms with Crippen LogP contribution >= 0.6 is 0 Å². The molecule has 2 heterocycles. The summed E-state index contributed by atoms with van der Waals surface area (Å²) in [6.45, 7) is 2.21. The van der Waals surface area contributed by atoms with Crippen molar-refractivity contribution in [1.82, 2.24) is 25.2 Å². The molecule has 2 aromatic heterocycles. The Balaban J connectivity index is 1.46. The third-order valence-electron chi connectivity index (χ3n) is 4.80. The molecule has 32 heavy (non-hydrogen) atoms. The van der Waals surface area contributed by atoms with E-state index in [9.17, 15) is 9.59 Å². The minimum Gasteiger partial charge on any atom is -0.496 e. The Labute approximate surface area is 183 Å². The summed E-state index contributed by atoms with van der Waals surface area (Å²) in [5.74, 6) is 0.113. The van der Waals surface area contributed by atoms with E-state index in [0.29, 0.717) is 11.4 Å². The Morgan fingerprint density at radius 2 is 1.88 bits per heavy atom. The molecular weight excluding hydrogens is 410 g/mol. The number of carbonyl (C=O) groups is 1. The van der Waals surface area contributed by atoms with Crippen molar-refractivity contribution in [1.29, 1.82) is 0 Å². The number of hydrogen-bond acceptors (Lipinski definition) is 7. The van der Waals surface area contributed by atoms with Crippen LogP contribution in [0.1, 0.15) is 27.6 Å². The summed E-state index contributed by atoms with van der Waals surface area (Å²) in [7, 11) is 1.56. The highest BCUT2D eigenvalue weighted by Crippen LogP contribution is 2.17. The van der Waals surface area contributed by atoms with Crippen molar-refractivity contribution in [3.63, 3.8) is 0 Å². The summed E-state index contributed by atoms with van der Waals surface area (Å²) in [5, 5.41) is 10.9. The van der Waals surface area contributed by atoms with E-state index in [2.05, 4.69) is 20.6 Å². The molecule has 0 fully saturated rings. The number of nitrogens with zero attached hydrogens (tertiary/aromatic N) is 4. The number of aryl methyl sites for hydroxylation is 1. The fraction of sp³-hybridized carbons (Fsp3) is 0.174. The maximum atomic E-state index is 12.4. The SMILES string of the molecule is COc1ccccc1CNC(=O)c1nc(Cn2nc(-c3ccc(C)cc3)ccc2=O)no1. The first-order valence-corrected chi connectivity index (χ1v) is 9.91. The second kappa shape index (κ2) is 9.25. The fourth-order valence-corrected chi connectivity index (χ4v) is 3.08. The van der Waals surface area contributed by atoms with Crippen molar-refractivity contribution >= 4 is 5.91 Å². The van der Waals surface area contributed by atoms with Crippen molar-refractivity contribution < 1.29 is 14.1 Å². The van der Waals surface area contributed by atoms with Crippen LogP contribution in [-0.4, -0.2) is 32.9 Å². The molecule has 0 bridgehead atoms. The summed E-state index contributed by atoms with van der Waals surface area (Å²) < 4.78 is 11.6. The molecule has 0 aliphatic heterocycles. The van der Waals surface area contributed by atoms with Gasteiger partial charge in [0.05, 0.1) is 12.8 Å². The van der Waals surface area contributed by atoms with E-state index in [-0.39, 0.29) is 30.4 Å². The average Bonchev–Trinajstić information content (AvgIpc) is 3.28. The topological polar surface area (TPSA) is 112 Å². The van der Waals surface area contributed by atoms with Crippen LogP contribution < -0.4 is 15.6 Å². The number of para-hydroxylation sites is 1. The molecular formula is C23H21N5O4. The lowest BCUT2D eigenvalue weighted by Gasteiger charge is -2.08.